The van der Waals surface area contributed by atoms with Crippen molar-refractivity contribution in [3.8, 4) is 0 Å². The van der Waals surface area contributed by atoms with Gasteiger partial charge in [-0.15, -0.1) is 0 Å². The molecule has 4 aromatic carbocycles. The Morgan fingerprint density at radius 2 is 1.27 bits per heavy atom. The molecule has 2 N–H and O–H groups in total. The average Bonchev–Trinajstić information content (AvgIpc) is 4.38. The van der Waals surface area contributed by atoms with E-state index in [1.54, 1.807) is 29.2 Å². The van der Waals surface area contributed by atoms with Gasteiger partial charge in [-0.1, -0.05) is 77.0 Å². The molecule has 6 atom stereocenters. The lowest BCUT2D eigenvalue weighted by Gasteiger charge is -2.32. The molecule has 0 radical (unpaired) electrons. The van der Waals surface area contributed by atoms with Gasteiger partial charge in [-0.05, 0) is 220 Å². The van der Waals surface area contributed by atoms with Crippen LogP contribution in [0.4, 0.5) is 27.6 Å². The summed E-state index contributed by atoms with van der Waals surface area (Å²) in [4.78, 5) is 49.2. The number of hydrogen-bond donors (Lipinski definition) is 2. The number of aryl methyl sites for hydroxylation is 1. The SMILES string of the molecule is C=C(Nc1cc(F)c([C@H]2CC[C@H](c3cc4c(cc3F)CC(C3CCCC3)=C4)C2c2cc(F)c(C3CCC(c4ccc(F)cc4)CC3)c(F)c2)cc1C)[C@@H]1CCCN1C(=O)[C@@H](CC(C)=O)C(C)C.CC(=O)N[C@H](C(C)=O)C(C)C. The zero-order valence-corrected chi connectivity index (χ0v) is 47.0. The van der Waals surface area contributed by atoms with Crippen LogP contribution in [0, 0.1) is 59.7 Å². The molecule has 7 nitrogen and oxygen atoms in total. The fraction of sp³-hybridized carbons (Fsp3) is 0.515. The van der Waals surface area contributed by atoms with Gasteiger partial charge in [-0.3, -0.25) is 14.4 Å². The Hall–Kier alpha value is -5.91. The summed E-state index contributed by atoms with van der Waals surface area (Å²) in [6.45, 7) is 18.9. The van der Waals surface area contributed by atoms with Crippen molar-refractivity contribution in [2.24, 2.45) is 23.7 Å². The molecular formula is C66H80F5N3O4. The first-order chi connectivity index (χ1) is 37.1. The van der Waals surface area contributed by atoms with Crippen molar-refractivity contribution in [3.05, 3.63) is 152 Å². The minimum absolute atomic E-state index is 0.00944. The molecule has 9 rings (SSSR count). The molecule has 5 aliphatic rings. The quantitative estimate of drug-likeness (QED) is 0.109. The number of anilines is 1. The lowest BCUT2D eigenvalue weighted by molar-refractivity contribution is -0.139. The second-order valence-electron chi connectivity index (χ2n) is 24.1. The molecule has 0 bridgehead atoms. The molecule has 4 aromatic rings. The first-order valence-corrected chi connectivity index (χ1v) is 28.7. The summed E-state index contributed by atoms with van der Waals surface area (Å²) < 4.78 is 80.6. The van der Waals surface area contributed by atoms with Crippen LogP contribution in [0.5, 0.6) is 0 Å². The number of ketones is 2. The lowest BCUT2D eigenvalue weighted by Crippen LogP contribution is -2.43. The van der Waals surface area contributed by atoms with Crippen molar-refractivity contribution in [1.82, 2.24) is 10.2 Å². The van der Waals surface area contributed by atoms with Gasteiger partial charge in [0.2, 0.25) is 11.8 Å². The highest BCUT2D eigenvalue weighted by Crippen LogP contribution is 2.57. The van der Waals surface area contributed by atoms with E-state index in [1.165, 1.54) is 69.5 Å². The smallest absolute Gasteiger partial charge is 0.226 e. The fourth-order valence-electron chi connectivity index (χ4n) is 13.9. The molecule has 1 heterocycles. The Morgan fingerprint density at radius 1 is 0.667 bits per heavy atom. The van der Waals surface area contributed by atoms with Crippen LogP contribution < -0.4 is 10.6 Å². The van der Waals surface area contributed by atoms with Crippen molar-refractivity contribution in [2.75, 3.05) is 11.9 Å². The summed E-state index contributed by atoms with van der Waals surface area (Å²) in [6, 6.07) is 15.6. The molecule has 3 saturated carbocycles. The van der Waals surface area contributed by atoms with E-state index in [4.69, 9.17) is 0 Å². The number of nitrogens with one attached hydrogen (secondary N) is 2. The summed E-state index contributed by atoms with van der Waals surface area (Å²) in [6.07, 6.45) is 12.9. The fourth-order valence-corrected chi connectivity index (χ4v) is 13.9. The molecule has 2 amide bonds. The third kappa shape index (κ3) is 13.1. The number of likely N-dealkylation sites (tertiary alicyclic amines) is 1. The number of hydrogen-bond acceptors (Lipinski definition) is 5. The monoisotopic (exact) mass is 1070 g/mol. The van der Waals surface area contributed by atoms with E-state index in [0.29, 0.717) is 72.6 Å². The topological polar surface area (TPSA) is 95.6 Å². The van der Waals surface area contributed by atoms with Gasteiger partial charge in [-0.2, -0.15) is 0 Å². The Bertz CT molecular complexity index is 2890. The number of rotatable bonds is 16. The van der Waals surface area contributed by atoms with Gasteiger partial charge in [0.15, 0.2) is 5.78 Å². The minimum Gasteiger partial charge on any atom is -0.357 e. The van der Waals surface area contributed by atoms with E-state index in [-0.39, 0.29) is 82.8 Å². The highest BCUT2D eigenvalue weighted by atomic mass is 19.1. The van der Waals surface area contributed by atoms with Gasteiger partial charge < -0.3 is 20.3 Å². The van der Waals surface area contributed by atoms with Gasteiger partial charge in [0.1, 0.15) is 34.9 Å². The number of carbonyl (C=O) groups is 4. The molecule has 78 heavy (non-hydrogen) atoms. The number of benzene rings is 4. The van der Waals surface area contributed by atoms with E-state index in [9.17, 15) is 23.6 Å². The second kappa shape index (κ2) is 25.0. The van der Waals surface area contributed by atoms with E-state index in [2.05, 4.69) is 23.3 Å². The van der Waals surface area contributed by atoms with Crippen LogP contribution in [0.2, 0.25) is 0 Å². The Kier molecular flexibility index (Phi) is 18.7. The predicted molar refractivity (Wildman–Crippen MR) is 300 cm³/mol. The number of fused-ring (bicyclic) bond motifs is 1. The first kappa shape index (κ1) is 58.2. The Labute approximate surface area is 459 Å². The zero-order chi connectivity index (χ0) is 56.3. The molecule has 0 spiro atoms. The van der Waals surface area contributed by atoms with Crippen molar-refractivity contribution < 1.29 is 41.1 Å². The van der Waals surface area contributed by atoms with E-state index >= 15 is 17.6 Å². The Balaban J connectivity index is 0.000000658. The van der Waals surface area contributed by atoms with E-state index < -0.39 is 41.1 Å². The largest absolute Gasteiger partial charge is 0.357 e. The van der Waals surface area contributed by atoms with Crippen molar-refractivity contribution >= 4 is 35.1 Å². The van der Waals surface area contributed by atoms with Crippen LogP contribution in [0.25, 0.3) is 6.08 Å². The molecule has 1 unspecified atom stereocenters. The van der Waals surface area contributed by atoms with Gasteiger partial charge in [0.05, 0.1) is 12.1 Å². The normalized spacial score (nSPS) is 22.9. The third-order valence-corrected chi connectivity index (χ3v) is 18.0. The van der Waals surface area contributed by atoms with Crippen LogP contribution in [-0.4, -0.2) is 46.9 Å². The molecule has 4 fully saturated rings. The maximum atomic E-state index is 16.9. The summed E-state index contributed by atoms with van der Waals surface area (Å²) >= 11 is 0. The van der Waals surface area contributed by atoms with Gasteiger partial charge in [0.25, 0.3) is 0 Å². The van der Waals surface area contributed by atoms with Crippen LogP contribution in [0.15, 0.2) is 78.5 Å². The van der Waals surface area contributed by atoms with Gasteiger partial charge in [0, 0.05) is 42.8 Å². The maximum absolute atomic E-state index is 16.9. The van der Waals surface area contributed by atoms with Crippen molar-refractivity contribution in [2.45, 2.75) is 187 Å². The van der Waals surface area contributed by atoms with Crippen molar-refractivity contribution in [1.29, 1.82) is 0 Å². The zero-order valence-electron chi connectivity index (χ0n) is 47.0. The summed E-state index contributed by atoms with van der Waals surface area (Å²) in [5, 5.41) is 5.93. The Morgan fingerprint density at radius 3 is 1.83 bits per heavy atom. The first-order valence-electron chi connectivity index (χ1n) is 28.7. The number of amides is 2. The highest BCUT2D eigenvalue weighted by molar-refractivity contribution is 5.87. The molecule has 418 valence electrons. The number of allylic oxidation sites excluding steroid dienone is 1. The predicted octanol–water partition coefficient (Wildman–Crippen LogP) is 15.6. The number of carbonyl (C=O) groups excluding carboxylic acids is 4. The van der Waals surface area contributed by atoms with E-state index in [1.807, 2.05) is 40.7 Å². The van der Waals surface area contributed by atoms with Crippen LogP contribution >= 0.6 is 0 Å². The number of nitrogens with zero attached hydrogens (tertiary/aromatic N) is 1. The van der Waals surface area contributed by atoms with Gasteiger partial charge in [-0.25, -0.2) is 22.0 Å². The lowest BCUT2D eigenvalue weighted by atomic mass is 9.74. The van der Waals surface area contributed by atoms with Crippen LogP contribution in [0.1, 0.15) is 206 Å². The van der Waals surface area contributed by atoms with E-state index in [0.717, 1.165) is 60.8 Å². The molecule has 1 saturated heterocycles. The number of Topliss-reactive ketones (excluding diaryl/α,β-unsaturated/α-hetero) is 2. The standard InChI is InChI=1S/C58H65F5N2O2.C8H15NO2/c1-32(2)47(24-34(4)66)58(67)65-22-8-11-55(65)35(5)64-54-31-51(61)48(23-33(54)3)45-20-21-46(49-27-41-25-40(36-9-6-7-10-36)26-42(41)28-50(49)60)56(45)43-29-52(62)57(53(63)30-43)39-14-12-37(13-15-39)38-16-18-44(59)19-17-38;1-5(2)8(6(3)10)9-7(4)11/h16-19,23,25,27-32,36-37,39,45-47,55-56,64H,5-15,20-22,24,26H2,1-4H3;5,8H,1-4H3,(H,9,11)/t37?,39?,45-,46-,47+,55+,56?;8-/m10/s1. The number of halogens is 5. The highest BCUT2D eigenvalue weighted by Gasteiger charge is 2.43. The minimum atomic E-state index is -0.627. The van der Waals surface area contributed by atoms with Gasteiger partial charge >= 0.3 is 0 Å². The molecular weight excluding hydrogens is 994 g/mol. The summed E-state index contributed by atoms with van der Waals surface area (Å²) in [7, 11) is 0. The molecule has 1 aliphatic heterocycles. The summed E-state index contributed by atoms with van der Waals surface area (Å²) in [5.41, 5.74) is 7.56. The molecule has 4 aliphatic carbocycles. The van der Waals surface area contributed by atoms with Crippen LogP contribution in [0.3, 0.4) is 0 Å². The second-order valence-corrected chi connectivity index (χ2v) is 24.1. The summed E-state index contributed by atoms with van der Waals surface area (Å²) in [5.74, 6) is -4.11. The van der Waals surface area contributed by atoms with Crippen LogP contribution in [-0.2, 0) is 25.6 Å². The molecule has 12 heteroatoms. The maximum Gasteiger partial charge on any atom is 0.226 e. The third-order valence-electron chi connectivity index (χ3n) is 18.0. The average molecular weight is 1070 g/mol. The molecule has 0 aromatic heterocycles. The van der Waals surface area contributed by atoms with Crippen molar-refractivity contribution in [3.63, 3.8) is 0 Å².